The van der Waals surface area contributed by atoms with Crippen molar-refractivity contribution in [2.45, 2.75) is 65.5 Å². The van der Waals surface area contributed by atoms with Gasteiger partial charge in [0.1, 0.15) is 0 Å². The van der Waals surface area contributed by atoms with Crippen molar-refractivity contribution in [3.63, 3.8) is 0 Å². The SMILES string of the molecule is CC1(C)O[C@@H](/C=C/c2ccccc2)[C@]2(C)CC[C@@H]3[C@H]([C@@H]2O1)C3(C)C. The highest BCUT2D eigenvalue weighted by Gasteiger charge is 2.70. The molecule has 2 heteroatoms. The van der Waals surface area contributed by atoms with E-state index in [1.54, 1.807) is 0 Å². The van der Waals surface area contributed by atoms with Crippen LogP contribution in [0.15, 0.2) is 36.4 Å². The summed E-state index contributed by atoms with van der Waals surface area (Å²) in [6.07, 6.45) is 7.35. The van der Waals surface area contributed by atoms with Crippen molar-refractivity contribution in [1.29, 1.82) is 0 Å². The normalized spacial score (nSPS) is 42.4. The predicted molar refractivity (Wildman–Crippen MR) is 97.4 cm³/mol. The van der Waals surface area contributed by atoms with Gasteiger partial charge in [0, 0.05) is 5.41 Å². The molecule has 0 unspecified atom stereocenters. The van der Waals surface area contributed by atoms with Crippen LogP contribution in [-0.2, 0) is 9.47 Å². The van der Waals surface area contributed by atoms with Crippen LogP contribution in [0.4, 0.5) is 0 Å². The summed E-state index contributed by atoms with van der Waals surface area (Å²) in [6.45, 7) is 11.3. The molecule has 1 aromatic carbocycles. The highest BCUT2D eigenvalue weighted by molar-refractivity contribution is 5.49. The molecule has 24 heavy (non-hydrogen) atoms. The van der Waals surface area contributed by atoms with Gasteiger partial charge < -0.3 is 9.47 Å². The highest BCUT2D eigenvalue weighted by atomic mass is 16.7. The van der Waals surface area contributed by atoms with Crippen LogP contribution in [0.5, 0.6) is 0 Å². The van der Waals surface area contributed by atoms with E-state index >= 15 is 0 Å². The molecule has 0 aromatic heterocycles. The molecular weight excluding hydrogens is 296 g/mol. The van der Waals surface area contributed by atoms with Crippen molar-refractivity contribution in [2.75, 3.05) is 0 Å². The highest BCUT2D eigenvalue weighted by Crippen LogP contribution is 2.70. The summed E-state index contributed by atoms with van der Waals surface area (Å²) in [4.78, 5) is 0. The van der Waals surface area contributed by atoms with E-state index in [1.165, 1.54) is 18.4 Å². The fourth-order valence-electron chi connectivity index (χ4n) is 5.27. The molecule has 1 aromatic rings. The van der Waals surface area contributed by atoms with Gasteiger partial charge in [-0.15, -0.1) is 0 Å². The van der Waals surface area contributed by atoms with Crippen LogP contribution in [0.25, 0.3) is 6.08 Å². The van der Waals surface area contributed by atoms with E-state index in [0.717, 1.165) is 5.92 Å². The number of benzene rings is 1. The molecule has 4 rings (SSSR count). The molecule has 1 heterocycles. The monoisotopic (exact) mass is 326 g/mol. The number of fused-ring (bicyclic) bond motifs is 3. The van der Waals surface area contributed by atoms with Gasteiger partial charge in [-0.05, 0) is 49.5 Å². The van der Waals surface area contributed by atoms with E-state index in [4.69, 9.17) is 9.47 Å². The Morgan fingerprint density at radius 2 is 1.71 bits per heavy atom. The van der Waals surface area contributed by atoms with E-state index in [2.05, 4.69) is 77.1 Å². The average Bonchev–Trinajstić information content (AvgIpc) is 3.08. The molecule has 0 bridgehead atoms. The Kier molecular flexibility index (Phi) is 3.54. The van der Waals surface area contributed by atoms with Crippen LogP contribution in [-0.4, -0.2) is 18.0 Å². The van der Waals surface area contributed by atoms with Gasteiger partial charge in [0.05, 0.1) is 12.2 Å². The first-order valence-corrected chi connectivity index (χ1v) is 9.33. The second-order valence-corrected chi connectivity index (χ2v) is 9.24. The van der Waals surface area contributed by atoms with Gasteiger partial charge in [0.2, 0.25) is 0 Å². The maximum atomic E-state index is 6.50. The number of hydrogen-bond donors (Lipinski definition) is 0. The third-order valence-corrected chi connectivity index (χ3v) is 6.84. The van der Waals surface area contributed by atoms with E-state index in [-0.39, 0.29) is 11.5 Å². The molecule has 3 aliphatic rings. The Hall–Kier alpha value is -1.12. The lowest BCUT2D eigenvalue weighted by Gasteiger charge is -2.54. The smallest absolute Gasteiger partial charge is 0.163 e. The zero-order valence-electron chi connectivity index (χ0n) is 15.6. The van der Waals surface area contributed by atoms with Gasteiger partial charge in [0.25, 0.3) is 0 Å². The molecular formula is C22H30O2. The van der Waals surface area contributed by atoms with Gasteiger partial charge in [-0.3, -0.25) is 0 Å². The van der Waals surface area contributed by atoms with Crippen LogP contribution in [0, 0.1) is 22.7 Å². The summed E-state index contributed by atoms with van der Waals surface area (Å²) in [5.41, 5.74) is 1.71. The van der Waals surface area contributed by atoms with Crippen molar-refractivity contribution >= 4 is 6.08 Å². The third-order valence-electron chi connectivity index (χ3n) is 6.84. The molecule has 0 radical (unpaired) electrons. The number of ether oxygens (including phenoxy) is 2. The fraction of sp³-hybridized carbons (Fsp3) is 0.636. The first-order chi connectivity index (χ1) is 11.2. The van der Waals surface area contributed by atoms with Crippen LogP contribution < -0.4 is 0 Å². The Bertz CT molecular complexity index is 645. The summed E-state index contributed by atoms with van der Waals surface area (Å²) >= 11 is 0. The lowest BCUT2D eigenvalue weighted by Crippen LogP contribution is -2.58. The quantitative estimate of drug-likeness (QED) is 0.735. The summed E-state index contributed by atoms with van der Waals surface area (Å²) < 4.78 is 12.9. The van der Waals surface area contributed by atoms with Crippen molar-refractivity contribution in [2.24, 2.45) is 22.7 Å². The zero-order chi connectivity index (χ0) is 17.2. The number of hydrogen-bond acceptors (Lipinski definition) is 2. The zero-order valence-corrected chi connectivity index (χ0v) is 15.6. The molecule has 2 aliphatic carbocycles. The molecule has 2 nitrogen and oxygen atoms in total. The summed E-state index contributed by atoms with van der Waals surface area (Å²) in [7, 11) is 0. The van der Waals surface area contributed by atoms with Crippen molar-refractivity contribution in [3.8, 4) is 0 Å². The molecule has 1 saturated heterocycles. The largest absolute Gasteiger partial charge is 0.346 e. The Balaban J connectivity index is 1.65. The molecule has 0 spiro atoms. The molecule has 130 valence electrons. The molecule has 5 atom stereocenters. The van der Waals surface area contributed by atoms with Crippen LogP contribution in [0.1, 0.15) is 53.0 Å². The minimum atomic E-state index is -0.517. The van der Waals surface area contributed by atoms with Crippen molar-refractivity contribution in [3.05, 3.63) is 42.0 Å². The second kappa shape index (κ2) is 5.19. The molecule has 0 N–H and O–H groups in total. The van der Waals surface area contributed by atoms with E-state index in [0.29, 0.717) is 17.4 Å². The van der Waals surface area contributed by atoms with Crippen molar-refractivity contribution < 1.29 is 9.47 Å². The van der Waals surface area contributed by atoms with Crippen LogP contribution in [0.2, 0.25) is 0 Å². The maximum absolute atomic E-state index is 6.50. The Morgan fingerprint density at radius 3 is 2.42 bits per heavy atom. The topological polar surface area (TPSA) is 18.5 Å². The molecule has 0 amide bonds. The van der Waals surface area contributed by atoms with E-state index < -0.39 is 5.79 Å². The Morgan fingerprint density at radius 1 is 1.00 bits per heavy atom. The fourth-order valence-corrected chi connectivity index (χ4v) is 5.27. The van der Waals surface area contributed by atoms with Crippen LogP contribution >= 0.6 is 0 Å². The van der Waals surface area contributed by atoms with Gasteiger partial charge in [-0.25, -0.2) is 0 Å². The van der Waals surface area contributed by atoms with Crippen molar-refractivity contribution in [1.82, 2.24) is 0 Å². The lowest BCUT2D eigenvalue weighted by atomic mass is 9.68. The van der Waals surface area contributed by atoms with E-state index in [9.17, 15) is 0 Å². The minimum absolute atomic E-state index is 0.0652. The van der Waals surface area contributed by atoms with Crippen LogP contribution in [0.3, 0.4) is 0 Å². The molecule has 3 fully saturated rings. The second-order valence-electron chi connectivity index (χ2n) is 9.24. The summed E-state index contributed by atoms with van der Waals surface area (Å²) in [6, 6.07) is 10.5. The standard InChI is InChI=1S/C22H30O2/c1-20(2)16-13-14-22(5)17(12-11-15-9-7-6-8-10-15)23-21(3,4)24-19(22)18(16)20/h6-12,16-19H,13-14H2,1-5H3/b12-11+/t16-,17+,18-,19+,22+/m1/s1. The predicted octanol–water partition coefficient (Wildman–Crippen LogP) is 5.29. The summed E-state index contributed by atoms with van der Waals surface area (Å²) in [5.74, 6) is 0.978. The maximum Gasteiger partial charge on any atom is 0.163 e. The van der Waals surface area contributed by atoms with Gasteiger partial charge in [0.15, 0.2) is 5.79 Å². The van der Waals surface area contributed by atoms with Gasteiger partial charge >= 0.3 is 0 Å². The first kappa shape index (κ1) is 16.4. The number of rotatable bonds is 2. The van der Waals surface area contributed by atoms with Gasteiger partial charge in [-0.2, -0.15) is 0 Å². The average molecular weight is 326 g/mol. The lowest BCUT2D eigenvalue weighted by molar-refractivity contribution is -0.345. The third kappa shape index (κ3) is 2.46. The molecule has 2 saturated carbocycles. The minimum Gasteiger partial charge on any atom is -0.346 e. The van der Waals surface area contributed by atoms with Gasteiger partial charge in [-0.1, -0.05) is 63.3 Å². The first-order valence-electron chi connectivity index (χ1n) is 9.33. The summed E-state index contributed by atoms with van der Waals surface area (Å²) in [5, 5.41) is 0. The Labute approximate surface area is 146 Å². The van der Waals surface area contributed by atoms with E-state index in [1.807, 2.05) is 0 Å². The molecule has 1 aliphatic heterocycles.